The van der Waals surface area contributed by atoms with E-state index in [0.29, 0.717) is 5.84 Å². The molecular formula is C56H38N4OS. The lowest BCUT2D eigenvalue weighted by atomic mass is 9.88. The molecule has 4 heterocycles. The van der Waals surface area contributed by atoms with Gasteiger partial charge in [-0.25, -0.2) is 9.98 Å². The number of benzene rings is 8. The summed E-state index contributed by atoms with van der Waals surface area (Å²) in [6.45, 7) is 2.30. The van der Waals surface area contributed by atoms with Gasteiger partial charge >= 0.3 is 0 Å². The molecule has 13 rings (SSSR count). The van der Waals surface area contributed by atoms with E-state index in [4.69, 9.17) is 14.4 Å². The molecule has 0 bridgehead atoms. The molecule has 62 heavy (non-hydrogen) atoms. The van der Waals surface area contributed by atoms with Gasteiger partial charge in [0.25, 0.3) is 0 Å². The van der Waals surface area contributed by atoms with E-state index in [1.165, 1.54) is 52.8 Å². The van der Waals surface area contributed by atoms with Gasteiger partial charge in [0.05, 0.1) is 16.7 Å². The van der Waals surface area contributed by atoms with Gasteiger partial charge in [-0.15, -0.1) is 11.3 Å². The third kappa shape index (κ3) is 5.53. The van der Waals surface area contributed by atoms with Gasteiger partial charge in [-0.3, -0.25) is 0 Å². The maximum atomic E-state index is 6.88. The fourth-order valence-electron chi connectivity index (χ4n) is 9.89. The van der Waals surface area contributed by atoms with Crippen molar-refractivity contribution >= 4 is 92.8 Å². The predicted octanol–water partition coefficient (Wildman–Crippen LogP) is 14.7. The first-order valence-corrected chi connectivity index (χ1v) is 22.1. The van der Waals surface area contributed by atoms with Crippen molar-refractivity contribution in [3.8, 4) is 16.8 Å². The van der Waals surface area contributed by atoms with Crippen LogP contribution in [0.1, 0.15) is 53.4 Å². The minimum absolute atomic E-state index is 0.270. The summed E-state index contributed by atoms with van der Waals surface area (Å²) in [5.41, 5.74) is 10.7. The van der Waals surface area contributed by atoms with Crippen molar-refractivity contribution in [1.82, 2.24) is 9.88 Å². The van der Waals surface area contributed by atoms with Crippen molar-refractivity contribution in [1.29, 1.82) is 0 Å². The molecule has 1 aliphatic carbocycles. The molecule has 0 radical (unpaired) electrons. The average molecular weight is 815 g/mol. The minimum Gasteiger partial charge on any atom is -0.456 e. The van der Waals surface area contributed by atoms with Crippen molar-refractivity contribution in [3.63, 3.8) is 0 Å². The molecule has 5 nitrogen and oxygen atoms in total. The molecular weight excluding hydrogens is 777 g/mol. The first kappa shape index (κ1) is 35.2. The molecule has 294 valence electrons. The lowest BCUT2D eigenvalue weighted by molar-refractivity contribution is 0.586. The summed E-state index contributed by atoms with van der Waals surface area (Å²) in [7, 11) is 0. The molecule has 8 aromatic carbocycles. The van der Waals surface area contributed by atoms with E-state index in [9.17, 15) is 0 Å². The molecule has 11 aromatic rings. The number of nitrogens with zero attached hydrogens (tertiary/aromatic N) is 3. The highest BCUT2D eigenvalue weighted by atomic mass is 32.1. The van der Waals surface area contributed by atoms with Crippen LogP contribution >= 0.6 is 11.3 Å². The van der Waals surface area contributed by atoms with Crippen molar-refractivity contribution in [2.75, 3.05) is 0 Å². The Hall–Kier alpha value is -7.54. The summed E-state index contributed by atoms with van der Waals surface area (Å²) in [5.74, 6) is 2.65. The van der Waals surface area contributed by atoms with Crippen LogP contribution in [0.3, 0.4) is 0 Å². The van der Waals surface area contributed by atoms with E-state index in [1.54, 1.807) is 0 Å². The van der Waals surface area contributed by atoms with Crippen LogP contribution in [-0.2, 0) is 0 Å². The number of aromatic nitrogens is 1. The second kappa shape index (κ2) is 13.7. The highest BCUT2D eigenvalue weighted by Gasteiger charge is 2.29. The number of hydrogen-bond donors (Lipinski definition) is 1. The van der Waals surface area contributed by atoms with Gasteiger partial charge < -0.3 is 14.3 Å². The van der Waals surface area contributed by atoms with Crippen molar-refractivity contribution in [3.05, 3.63) is 204 Å². The Balaban J connectivity index is 1.06. The zero-order chi connectivity index (χ0) is 40.9. The Morgan fingerprint density at radius 2 is 1.40 bits per heavy atom. The summed E-state index contributed by atoms with van der Waals surface area (Å²) < 4.78 is 11.8. The van der Waals surface area contributed by atoms with Gasteiger partial charge in [-0.1, -0.05) is 134 Å². The van der Waals surface area contributed by atoms with Gasteiger partial charge in [0.2, 0.25) is 0 Å². The number of aliphatic imine (C=N–C) groups is 2. The summed E-state index contributed by atoms with van der Waals surface area (Å²) >= 11 is 1.81. The quantitative estimate of drug-likeness (QED) is 0.188. The smallest absolute Gasteiger partial charge is 0.159 e. The Bertz CT molecular complexity index is 3730. The first-order chi connectivity index (χ1) is 30.6. The summed E-state index contributed by atoms with van der Waals surface area (Å²) in [6, 6.07) is 61.2. The zero-order valence-corrected chi connectivity index (χ0v) is 34.7. The van der Waals surface area contributed by atoms with E-state index in [0.717, 1.165) is 68.0 Å². The first-order valence-electron chi connectivity index (χ1n) is 21.3. The third-order valence-electron chi connectivity index (χ3n) is 12.8. The van der Waals surface area contributed by atoms with Crippen molar-refractivity contribution in [2.45, 2.75) is 25.4 Å². The number of fused-ring (bicyclic) bond motifs is 10. The second-order valence-electron chi connectivity index (χ2n) is 16.6. The summed E-state index contributed by atoms with van der Waals surface area (Å²) in [4.78, 5) is 11.0. The van der Waals surface area contributed by atoms with Gasteiger partial charge in [-0.2, -0.15) is 0 Å². The molecule has 0 amide bonds. The van der Waals surface area contributed by atoms with E-state index in [-0.39, 0.29) is 5.92 Å². The van der Waals surface area contributed by atoms with Gasteiger partial charge in [0.1, 0.15) is 23.3 Å². The molecule has 2 unspecified atom stereocenters. The zero-order valence-electron chi connectivity index (χ0n) is 33.8. The normalized spacial score (nSPS) is 16.3. The molecule has 6 heteroatoms. The van der Waals surface area contributed by atoms with Crippen LogP contribution < -0.4 is 5.32 Å². The monoisotopic (exact) mass is 814 g/mol. The van der Waals surface area contributed by atoms with E-state index in [2.05, 4.69) is 199 Å². The molecule has 0 spiro atoms. The largest absolute Gasteiger partial charge is 0.456 e. The Morgan fingerprint density at radius 3 is 2.31 bits per heavy atom. The number of thiophene rings is 1. The summed E-state index contributed by atoms with van der Waals surface area (Å²) in [6.07, 6.45) is 4.92. The predicted molar refractivity (Wildman–Crippen MR) is 260 cm³/mol. The Morgan fingerprint density at radius 1 is 0.629 bits per heavy atom. The number of amidine groups is 2. The van der Waals surface area contributed by atoms with E-state index >= 15 is 0 Å². The van der Waals surface area contributed by atoms with Crippen LogP contribution in [0.2, 0.25) is 0 Å². The van der Waals surface area contributed by atoms with E-state index in [1.807, 2.05) is 11.3 Å². The van der Waals surface area contributed by atoms with Crippen LogP contribution in [0.5, 0.6) is 0 Å². The SMILES string of the molecule is CC1CC=Cc2oc3cc(-n4c5ccccc5c5cc6ccccc6cc54)cc(C4=NC(c5ccc6c(c5)sc5ccccc56)=NC(c5cccc(-c6ccccc6)c5)N4)c3c21. The third-order valence-corrected chi connectivity index (χ3v) is 14.0. The molecule has 3 aromatic heterocycles. The fourth-order valence-corrected chi connectivity index (χ4v) is 11.0. The lowest BCUT2D eigenvalue weighted by Gasteiger charge is -2.25. The average Bonchev–Trinajstić information content (AvgIpc) is 4.00. The van der Waals surface area contributed by atoms with Crippen LogP contribution in [-0.4, -0.2) is 16.2 Å². The number of rotatable bonds is 5. The highest BCUT2D eigenvalue weighted by molar-refractivity contribution is 7.25. The maximum absolute atomic E-state index is 6.88. The molecule has 2 aliphatic rings. The molecule has 1 N–H and O–H groups in total. The summed E-state index contributed by atoms with van der Waals surface area (Å²) in [5, 5.41) is 12.4. The van der Waals surface area contributed by atoms with Crippen molar-refractivity contribution < 1.29 is 4.42 Å². The highest BCUT2D eigenvalue weighted by Crippen LogP contribution is 2.43. The van der Waals surface area contributed by atoms with Gasteiger partial charge in [0, 0.05) is 59.1 Å². The topological polar surface area (TPSA) is 54.8 Å². The van der Waals surface area contributed by atoms with Gasteiger partial charge in [-0.05, 0) is 88.3 Å². The molecule has 0 fully saturated rings. The van der Waals surface area contributed by atoms with Crippen LogP contribution in [0.15, 0.2) is 190 Å². The molecule has 1 aliphatic heterocycles. The molecule has 0 saturated heterocycles. The molecule has 2 atom stereocenters. The standard InChI is InChI=1S/C56H38N4OS/c1-33-13-11-23-48-52(33)53-45(31-40(32-49(53)61-48)60-46-22-9-7-20-41(46)44-28-36-16-5-6-17-37(36)29-47(44)60)56-58-54(38-19-12-18-35(27-38)34-14-3-2-4-15-34)57-55(59-56)39-25-26-43-42-21-8-10-24-50(42)62-51(43)30-39/h2-12,14-33,54H,13H2,1H3,(H,57,58,59). The lowest BCUT2D eigenvalue weighted by Crippen LogP contribution is -2.34. The van der Waals surface area contributed by atoms with Crippen LogP contribution in [0.25, 0.3) is 86.6 Å². The number of para-hydroxylation sites is 1. The fraction of sp³-hybridized carbons (Fsp3) is 0.0714. The minimum atomic E-state index is -0.405. The van der Waals surface area contributed by atoms with Gasteiger partial charge in [0.15, 0.2) is 5.84 Å². The number of nitrogens with one attached hydrogen (secondary N) is 1. The second-order valence-corrected chi connectivity index (χ2v) is 17.7. The Labute approximate surface area is 361 Å². The van der Waals surface area contributed by atoms with Crippen LogP contribution in [0, 0.1) is 0 Å². The van der Waals surface area contributed by atoms with Crippen molar-refractivity contribution in [2.24, 2.45) is 9.98 Å². The van der Waals surface area contributed by atoms with Crippen LogP contribution in [0.4, 0.5) is 0 Å². The number of hydrogen-bond acceptors (Lipinski definition) is 5. The Kier molecular flexibility index (Phi) is 7.81. The number of allylic oxidation sites excluding steroid dienone is 1. The van der Waals surface area contributed by atoms with E-state index < -0.39 is 6.17 Å². The number of furan rings is 1. The maximum Gasteiger partial charge on any atom is 0.159 e. The molecule has 0 saturated carbocycles.